The number of fused-ring (bicyclic) bond motifs is 1. The maximum absolute atomic E-state index is 5.70. The van der Waals surface area contributed by atoms with Crippen LogP contribution in [-0.2, 0) is 12.8 Å². The summed E-state index contributed by atoms with van der Waals surface area (Å²) in [7, 11) is 0. The minimum Gasteiger partial charge on any atom is -0.493 e. The van der Waals surface area contributed by atoms with Gasteiger partial charge in [0, 0.05) is 24.4 Å². The molecule has 3 N–H and O–H groups in total. The highest BCUT2D eigenvalue weighted by atomic mass is 16.5. The van der Waals surface area contributed by atoms with Crippen molar-refractivity contribution in [1.29, 1.82) is 0 Å². The predicted molar refractivity (Wildman–Crippen MR) is 83.0 cm³/mol. The van der Waals surface area contributed by atoms with Crippen LogP contribution in [0, 0.1) is 6.92 Å². The molecule has 2 heterocycles. The molecule has 0 amide bonds. The van der Waals surface area contributed by atoms with E-state index < -0.39 is 0 Å². The van der Waals surface area contributed by atoms with Crippen LogP contribution in [0.1, 0.15) is 34.8 Å². The van der Waals surface area contributed by atoms with Gasteiger partial charge in [0.05, 0.1) is 6.61 Å². The Labute approximate surface area is 125 Å². The Morgan fingerprint density at radius 3 is 3.00 bits per heavy atom. The molecule has 2 aromatic rings. The molecular weight excluding hydrogens is 262 g/mol. The number of nitrogens with two attached hydrogens (primary N) is 1. The molecule has 4 nitrogen and oxygen atoms in total. The average Bonchev–Trinajstić information content (AvgIpc) is 2.97. The number of aryl methyl sites for hydroxylation is 2. The molecule has 0 saturated heterocycles. The average molecular weight is 283 g/mol. The van der Waals surface area contributed by atoms with E-state index in [0.29, 0.717) is 0 Å². The van der Waals surface area contributed by atoms with Crippen LogP contribution in [0.25, 0.3) is 0 Å². The van der Waals surface area contributed by atoms with Crippen LogP contribution in [0.5, 0.6) is 5.75 Å². The second-order valence-electron chi connectivity index (χ2n) is 5.53. The topological polar surface area (TPSA) is 60.2 Å². The third-order valence-corrected chi connectivity index (χ3v) is 4.01. The fraction of sp³-hybridized carbons (Fsp3) is 0.353. The van der Waals surface area contributed by atoms with Crippen LogP contribution in [0.3, 0.4) is 0 Å². The van der Waals surface area contributed by atoms with Gasteiger partial charge in [0.2, 0.25) is 0 Å². The van der Waals surface area contributed by atoms with Gasteiger partial charge >= 0.3 is 0 Å². The summed E-state index contributed by atoms with van der Waals surface area (Å²) >= 11 is 0. The zero-order chi connectivity index (χ0) is 14.7. The van der Waals surface area contributed by atoms with Gasteiger partial charge < -0.3 is 4.74 Å². The van der Waals surface area contributed by atoms with E-state index in [1.54, 1.807) is 0 Å². The van der Waals surface area contributed by atoms with Crippen molar-refractivity contribution in [1.82, 2.24) is 10.4 Å². The van der Waals surface area contributed by atoms with Crippen LogP contribution in [0.15, 0.2) is 36.5 Å². The number of ether oxygens (including phenoxy) is 1. The molecule has 4 heteroatoms. The highest BCUT2D eigenvalue weighted by Gasteiger charge is 2.14. The minimum atomic E-state index is 0.127. The third kappa shape index (κ3) is 3.23. The molecule has 1 aliphatic heterocycles. The van der Waals surface area contributed by atoms with Gasteiger partial charge in [-0.15, -0.1) is 0 Å². The Hall–Kier alpha value is -1.91. The van der Waals surface area contributed by atoms with Gasteiger partial charge in [-0.25, -0.2) is 0 Å². The summed E-state index contributed by atoms with van der Waals surface area (Å²) < 4.78 is 5.54. The highest BCUT2D eigenvalue weighted by molar-refractivity contribution is 5.39. The molecule has 1 atom stereocenters. The Morgan fingerprint density at radius 1 is 1.33 bits per heavy atom. The van der Waals surface area contributed by atoms with Crippen LogP contribution in [-0.4, -0.2) is 11.6 Å². The van der Waals surface area contributed by atoms with Crippen molar-refractivity contribution in [3.8, 4) is 5.75 Å². The van der Waals surface area contributed by atoms with Crippen molar-refractivity contribution in [2.24, 2.45) is 5.84 Å². The van der Waals surface area contributed by atoms with Gasteiger partial charge in [0.15, 0.2) is 0 Å². The van der Waals surface area contributed by atoms with E-state index >= 15 is 0 Å². The van der Waals surface area contributed by atoms with E-state index in [1.165, 1.54) is 11.1 Å². The molecule has 0 aliphatic carbocycles. The van der Waals surface area contributed by atoms with Crippen LogP contribution in [0.4, 0.5) is 0 Å². The van der Waals surface area contributed by atoms with Gasteiger partial charge in [-0.2, -0.15) is 0 Å². The fourth-order valence-electron chi connectivity index (χ4n) is 2.74. The monoisotopic (exact) mass is 283 g/mol. The van der Waals surface area contributed by atoms with Crippen molar-refractivity contribution in [2.75, 3.05) is 6.61 Å². The summed E-state index contributed by atoms with van der Waals surface area (Å²) in [6.45, 7) is 2.79. The lowest BCUT2D eigenvalue weighted by atomic mass is 9.99. The van der Waals surface area contributed by atoms with Crippen molar-refractivity contribution in [3.05, 3.63) is 58.9 Å². The van der Waals surface area contributed by atoms with Gasteiger partial charge in [-0.1, -0.05) is 18.2 Å². The zero-order valence-electron chi connectivity index (χ0n) is 12.3. The lowest BCUT2D eigenvalue weighted by Crippen LogP contribution is -2.28. The summed E-state index contributed by atoms with van der Waals surface area (Å²) in [5.41, 5.74) is 7.70. The number of benzene rings is 1. The van der Waals surface area contributed by atoms with E-state index in [2.05, 4.69) is 34.7 Å². The first kappa shape index (κ1) is 14.0. The van der Waals surface area contributed by atoms with Gasteiger partial charge in [-0.05, 0) is 48.6 Å². The quantitative estimate of drug-likeness (QED) is 0.653. The summed E-state index contributed by atoms with van der Waals surface area (Å²) in [6, 6.07) is 10.7. The van der Waals surface area contributed by atoms with Gasteiger partial charge in [0.25, 0.3) is 0 Å². The van der Waals surface area contributed by atoms with Crippen LogP contribution >= 0.6 is 0 Å². The molecule has 1 aromatic carbocycles. The number of nitrogens with one attached hydrogen (secondary N) is 1. The van der Waals surface area contributed by atoms with Crippen molar-refractivity contribution >= 4 is 0 Å². The molecule has 110 valence electrons. The summed E-state index contributed by atoms with van der Waals surface area (Å²) in [5, 5.41) is 0. The SMILES string of the molecule is Cc1ccc(C(CCc2ccc3c(c2)CCO3)NN)cn1. The van der Waals surface area contributed by atoms with Crippen molar-refractivity contribution in [2.45, 2.75) is 32.2 Å². The molecule has 3 rings (SSSR count). The number of hydrogen-bond donors (Lipinski definition) is 2. The number of hydrazine groups is 1. The Kier molecular flexibility index (Phi) is 4.18. The Balaban J connectivity index is 1.66. The molecule has 1 unspecified atom stereocenters. The second kappa shape index (κ2) is 6.24. The number of pyridine rings is 1. The van der Waals surface area contributed by atoms with E-state index in [9.17, 15) is 0 Å². The summed E-state index contributed by atoms with van der Waals surface area (Å²) in [5.74, 6) is 6.74. The van der Waals surface area contributed by atoms with Gasteiger partial charge in [0.1, 0.15) is 5.75 Å². The third-order valence-electron chi connectivity index (χ3n) is 4.01. The summed E-state index contributed by atoms with van der Waals surface area (Å²) in [4.78, 5) is 4.34. The summed E-state index contributed by atoms with van der Waals surface area (Å²) in [6.07, 6.45) is 4.84. The van der Waals surface area contributed by atoms with E-state index in [-0.39, 0.29) is 6.04 Å². The predicted octanol–water partition coefficient (Wildman–Crippen LogP) is 2.46. The molecule has 0 fully saturated rings. The maximum Gasteiger partial charge on any atom is 0.122 e. The minimum absolute atomic E-state index is 0.127. The highest BCUT2D eigenvalue weighted by Crippen LogP contribution is 2.27. The number of hydrogen-bond acceptors (Lipinski definition) is 4. The van der Waals surface area contributed by atoms with Crippen LogP contribution < -0.4 is 16.0 Å². The molecule has 0 radical (unpaired) electrons. The van der Waals surface area contributed by atoms with Crippen molar-refractivity contribution < 1.29 is 4.74 Å². The van der Waals surface area contributed by atoms with Crippen molar-refractivity contribution in [3.63, 3.8) is 0 Å². The smallest absolute Gasteiger partial charge is 0.122 e. The second-order valence-corrected chi connectivity index (χ2v) is 5.53. The lowest BCUT2D eigenvalue weighted by molar-refractivity contribution is 0.357. The first-order valence-electron chi connectivity index (χ1n) is 7.39. The van der Waals surface area contributed by atoms with E-state index in [1.807, 2.05) is 19.2 Å². The zero-order valence-corrected chi connectivity index (χ0v) is 12.3. The Bertz CT molecular complexity index is 610. The van der Waals surface area contributed by atoms with E-state index in [4.69, 9.17) is 10.6 Å². The fourth-order valence-corrected chi connectivity index (χ4v) is 2.74. The van der Waals surface area contributed by atoms with Crippen LogP contribution in [0.2, 0.25) is 0 Å². The van der Waals surface area contributed by atoms with E-state index in [0.717, 1.165) is 42.9 Å². The number of nitrogens with zero attached hydrogens (tertiary/aromatic N) is 1. The van der Waals surface area contributed by atoms with Gasteiger partial charge in [-0.3, -0.25) is 16.3 Å². The molecule has 0 saturated carbocycles. The molecule has 0 bridgehead atoms. The molecule has 0 spiro atoms. The standard InChI is InChI=1S/C17H21N3O/c1-12-2-5-15(11-19-12)16(20-18)6-3-13-4-7-17-14(10-13)8-9-21-17/h2,4-5,7,10-11,16,20H,3,6,8-9,18H2,1H3. The molecule has 21 heavy (non-hydrogen) atoms. The maximum atomic E-state index is 5.70. The first-order chi connectivity index (χ1) is 10.3. The molecule has 1 aromatic heterocycles. The number of aromatic nitrogens is 1. The molecule has 1 aliphatic rings. The molecular formula is C17H21N3O. The largest absolute Gasteiger partial charge is 0.493 e. The number of rotatable bonds is 5. The normalized spacial score (nSPS) is 14.6. The first-order valence-corrected chi connectivity index (χ1v) is 7.39. The Morgan fingerprint density at radius 2 is 2.24 bits per heavy atom. The lowest BCUT2D eigenvalue weighted by Gasteiger charge is -2.16.